The van der Waals surface area contributed by atoms with Crippen molar-refractivity contribution in [2.45, 2.75) is 52.5 Å². The lowest BCUT2D eigenvalue weighted by Crippen LogP contribution is -2.48. The van der Waals surface area contributed by atoms with Gasteiger partial charge in [-0.15, -0.1) is 0 Å². The average molecular weight is 239 g/mol. The van der Waals surface area contributed by atoms with Gasteiger partial charge >= 0.3 is 0 Å². The Bertz CT molecular complexity index is 288. The quantitative estimate of drug-likeness (QED) is 0.743. The van der Waals surface area contributed by atoms with Crippen LogP contribution in [-0.2, 0) is 9.59 Å². The van der Waals surface area contributed by atoms with Gasteiger partial charge in [0.05, 0.1) is 0 Å². The molecular weight excluding hydrogens is 216 g/mol. The molecule has 0 aromatic heterocycles. The fourth-order valence-corrected chi connectivity index (χ4v) is 1.87. The van der Waals surface area contributed by atoms with Crippen LogP contribution in [0.4, 0.5) is 0 Å². The highest BCUT2D eigenvalue weighted by Gasteiger charge is 2.30. The van der Waals surface area contributed by atoms with Gasteiger partial charge in [-0.25, -0.2) is 0 Å². The van der Waals surface area contributed by atoms with E-state index in [1.807, 2.05) is 20.8 Å². The third-order valence-electron chi connectivity index (χ3n) is 2.79. The third-order valence-corrected chi connectivity index (χ3v) is 2.79. The van der Waals surface area contributed by atoms with E-state index in [2.05, 4.69) is 5.32 Å². The molecule has 1 fully saturated rings. The summed E-state index contributed by atoms with van der Waals surface area (Å²) < 4.78 is 0. The maximum Gasteiger partial charge on any atom is 0.239 e. The normalized spacial score (nSPS) is 17.1. The van der Waals surface area contributed by atoms with Crippen molar-refractivity contribution in [1.29, 1.82) is 0 Å². The van der Waals surface area contributed by atoms with Crippen molar-refractivity contribution in [2.75, 3.05) is 13.1 Å². The van der Waals surface area contributed by atoms with Gasteiger partial charge in [-0.3, -0.25) is 9.59 Å². The molecule has 4 nitrogen and oxygen atoms in total. The summed E-state index contributed by atoms with van der Waals surface area (Å²) >= 11 is 0. The molecule has 0 aliphatic carbocycles. The molecule has 1 radical (unpaired) electrons. The molecule has 0 spiro atoms. The van der Waals surface area contributed by atoms with Crippen molar-refractivity contribution in [3.63, 3.8) is 0 Å². The molecule has 17 heavy (non-hydrogen) atoms. The molecule has 1 saturated heterocycles. The van der Waals surface area contributed by atoms with Gasteiger partial charge in [0, 0.05) is 18.6 Å². The van der Waals surface area contributed by atoms with Crippen LogP contribution in [-0.4, -0.2) is 35.3 Å². The fourth-order valence-electron chi connectivity index (χ4n) is 1.87. The van der Waals surface area contributed by atoms with Crippen LogP contribution in [0.2, 0.25) is 0 Å². The molecular formula is C13H23N2O2. The number of piperidine rings is 1. The smallest absolute Gasteiger partial charge is 0.239 e. The molecule has 1 rings (SSSR count). The van der Waals surface area contributed by atoms with Gasteiger partial charge in [-0.05, 0) is 47.0 Å². The standard InChI is InChI=1S/C13H23N2O2/c1-10(11(16)14-13(2,3)4)12(17)15-8-6-5-7-9-15/h5-9H2,1-4H3,(H,14,16). The van der Waals surface area contributed by atoms with E-state index in [4.69, 9.17) is 0 Å². The first-order valence-electron chi connectivity index (χ1n) is 6.26. The van der Waals surface area contributed by atoms with E-state index in [0.717, 1.165) is 25.9 Å². The molecule has 1 aliphatic rings. The fraction of sp³-hybridized carbons (Fsp3) is 0.769. The summed E-state index contributed by atoms with van der Waals surface area (Å²) in [5, 5.41) is 2.82. The van der Waals surface area contributed by atoms with Crippen molar-refractivity contribution >= 4 is 11.8 Å². The molecule has 2 amide bonds. The van der Waals surface area contributed by atoms with Crippen LogP contribution in [0.1, 0.15) is 47.0 Å². The first-order valence-corrected chi connectivity index (χ1v) is 6.26. The SMILES string of the molecule is C[C](C(=O)NC(C)(C)C)C(=O)N1CCCCC1. The number of carbonyl (C=O) groups is 2. The Morgan fingerprint density at radius 2 is 1.59 bits per heavy atom. The highest BCUT2D eigenvalue weighted by molar-refractivity contribution is 6.13. The second-order valence-corrected chi connectivity index (χ2v) is 5.68. The molecule has 1 aliphatic heterocycles. The molecule has 0 aromatic rings. The summed E-state index contributed by atoms with van der Waals surface area (Å²) in [4.78, 5) is 25.7. The minimum absolute atomic E-state index is 0.119. The number of amides is 2. The Balaban J connectivity index is 2.53. The predicted molar refractivity (Wildman–Crippen MR) is 67.2 cm³/mol. The van der Waals surface area contributed by atoms with Gasteiger partial charge in [0.1, 0.15) is 5.92 Å². The second-order valence-electron chi connectivity index (χ2n) is 5.68. The van der Waals surface area contributed by atoms with Crippen LogP contribution < -0.4 is 5.32 Å². The van der Waals surface area contributed by atoms with Crippen LogP contribution >= 0.6 is 0 Å². The van der Waals surface area contributed by atoms with Gasteiger partial charge in [-0.1, -0.05) is 0 Å². The first kappa shape index (κ1) is 14.0. The largest absolute Gasteiger partial charge is 0.351 e. The van der Waals surface area contributed by atoms with Crippen molar-refractivity contribution in [3.8, 4) is 0 Å². The summed E-state index contributed by atoms with van der Waals surface area (Å²) in [6, 6.07) is 0. The maximum absolute atomic E-state index is 12.1. The molecule has 0 bridgehead atoms. The number of hydrogen-bond donors (Lipinski definition) is 1. The summed E-state index contributed by atoms with van der Waals surface area (Å²) in [5.74, 6) is -0.0821. The molecule has 0 aromatic carbocycles. The van der Waals surface area contributed by atoms with E-state index in [0.29, 0.717) is 5.92 Å². The van der Waals surface area contributed by atoms with E-state index in [1.54, 1.807) is 11.8 Å². The van der Waals surface area contributed by atoms with Crippen molar-refractivity contribution in [3.05, 3.63) is 5.92 Å². The minimum Gasteiger partial charge on any atom is -0.351 e. The maximum atomic E-state index is 12.1. The number of nitrogens with zero attached hydrogens (tertiary/aromatic N) is 1. The van der Waals surface area contributed by atoms with Gasteiger partial charge < -0.3 is 10.2 Å². The van der Waals surface area contributed by atoms with Crippen molar-refractivity contribution < 1.29 is 9.59 Å². The third kappa shape index (κ3) is 4.36. The van der Waals surface area contributed by atoms with Gasteiger partial charge in [0.2, 0.25) is 11.8 Å². The van der Waals surface area contributed by atoms with Crippen LogP contribution in [0, 0.1) is 5.92 Å². The monoisotopic (exact) mass is 239 g/mol. The van der Waals surface area contributed by atoms with Crippen LogP contribution in [0.25, 0.3) is 0 Å². The molecule has 97 valence electrons. The minimum atomic E-state index is -0.305. The topological polar surface area (TPSA) is 49.4 Å². The molecule has 0 unspecified atom stereocenters. The highest BCUT2D eigenvalue weighted by Crippen LogP contribution is 2.14. The van der Waals surface area contributed by atoms with E-state index in [9.17, 15) is 9.59 Å². The van der Waals surface area contributed by atoms with Crippen molar-refractivity contribution in [2.24, 2.45) is 0 Å². The van der Waals surface area contributed by atoms with Crippen LogP contribution in [0.15, 0.2) is 0 Å². The molecule has 1 N–H and O–H groups in total. The van der Waals surface area contributed by atoms with Gasteiger partial charge in [-0.2, -0.15) is 0 Å². The summed E-state index contributed by atoms with van der Waals surface area (Å²) in [6.45, 7) is 8.88. The average Bonchev–Trinajstić information content (AvgIpc) is 2.26. The Labute approximate surface area is 104 Å². The van der Waals surface area contributed by atoms with E-state index >= 15 is 0 Å². The van der Waals surface area contributed by atoms with E-state index in [-0.39, 0.29) is 17.4 Å². The first-order chi connectivity index (χ1) is 7.81. The Morgan fingerprint density at radius 3 is 2.06 bits per heavy atom. The lowest BCUT2D eigenvalue weighted by atomic mass is 10.0. The zero-order chi connectivity index (χ0) is 13.1. The second kappa shape index (κ2) is 5.52. The number of nitrogens with one attached hydrogen (secondary N) is 1. The zero-order valence-corrected chi connectivity index (χ0v) is 11.3. The lowest BCUT2D eigenvalue weighted by molar-refractivity contribution is -0.134. The Hall–Kier alpha value is -1.06. The summed E-state index contributed by atoms with van der Waals surface area (Å²) in [7, 11) is 0. The molecule has 4 heteroatoms. The molecule has 1 heterocycles. The number of likely N-dealkylation sites (tertiary alicyclic amines) is 1. The van der Waals surface area contributed by atoms with Crippen molar-refractivity contribution in [1.82, 2.24) is 10.2 Å². The highest BCUT2D eigenvalue weighted by atomic mass is 16.2. The molecule has 0 saturated carbocycles. The number of carbonyl (C=O) groups excluding carboxylic acids is 2. The van der Waals surface area contributed by atoms with E-state index < -0.39 is 0 Å². The van der Waals surface area contributed by atoms with Gasteiger partial charge in [0.25, 0.3) is 0 Å². The predicted octanol–water partition coefficient (Wildman–Crippen LogP) is 1.51. The number of hydrogen-bond acceptors (Lipinski definition) is 2. The van der Waals surface area contributed by atoms with E-state index in [1.165, 1.54) is 6.42 Å². The van der Waals surface area contributed by atoms with Gasteiger partial charge in [0.15, 0.2) is 0 Å². The molecule has 0 atom stereocenters. The summed E-state index contributed by atoms with van der Waals surface area (Å²) in [5.41, 5.74) is -0.305. The lowest BCUT2D eigenvalue weighted by Gasteiger charge is -2.29. The van der Waals surface area contributed by atoms with Crippen LogP contribution in [0.3, 0.4) is 0 Å². The van der Waals surface area contributed by atoms with Crippen LogP contribution in [0.5, 0.6) is 0 Å². The Kier molecular flexibility index (Phi) is 4.54. The Morgan fingerprint density at radius 1 is 1.06 bits per heavy atom. The zero-order valence-electron chi connectivity index (χ0n) is 11.3. The number of rotatable bonds is 2. The summed E-state index contributed by atoms with van der Waals surface area (Å²) in [6.07, 6.45) is 3.26.